The molecular formula is C21H28FN3O4. The van der Waals surface area contributed by atoms with E-state index in [1.165, 1.54) is 19.1 Å². The lowest BCUT2D eigenvalue weighted by molar-refractivity contribution is -0.161. The van der Waals surface area contributed by atoms with Gasteiger partial charge in [0.25, 0.3) is 0 Å². The van der Waals surface area contributed by atoms with Crippen molar-refractivity contribution in [2.75, 3.05) is 19.7 Å². The molecule has 2 heterocycles. The van der Waals surface area contributed by atoms with Gasteiger partial charge in [0.15, 0.2) is 0 Å². The summed E-state index contributed by atoms with van der Waals surface area (Å²) in [6, 6.07) is 5.18. The number of carbonyl (C=O) groups excluding carboxylic acids is 3. The van der Waals surface area contributed by atoms with Crippen molar-refractivity contribution in [2.45, 2.75) is 51.6 Å². The summed E-state index contributed by atoms with van der Waals surface area (Å²) in [6.07, 6.45) is 2.03. The topological polar surface area (TPSA) is 87.7 Å². The van der Waals surface area contributed by atoms with E-state index in [1.807, 2.05) is 0 Å². The Kier molecular flexibility index (Phi) is 6.64. The predicted molar refractivity (Wildman–Crippen MR) is 104 cm³/mol. The molecule has 2 saturated heterocycles. The molecule has 0 aromatic heterocycles. The Morgan fingerprint density at radius 2 is 1.90 bits per heavy atom. The minimum Gasteiger partial charge on any atom is -0.466 e. The number of Topliss-reactive ketones (excluding diaryl/α,β-unsaturated/α-hetero) is 1. The Balaban J connectivity index is 1.78. The molecule has 8 heteroatoms. The number of nitrogens with zero attached hydrogens (tertiary/aromatic N) is 1. The van der Waals surface area contributed by atoms with Gasteiger partial charge in [-0.15, -0.1) is 0 Å². The maximum Gasteiger partial charge on any atom is 0.314 e. The van der Waals surface area contributed by atoms with Crippen molar-refractivity contribution in [1.82, 2.24) is 15.8 Å². The van der Waals surface area contributed by atoms with Crippen LogP contribution in [-0.2, 0) is 25.5 Å². The number of ketones is 1. The monoisotopic (exact) mass is 405 g/mol. The first-order valence-corrected chi connectivity index (χ1v) is 10.1. The van der Waals surface area contributed by atoms with Crippen LogP contribution in [0.5, 0.6) is 0 Å². The van der Waals surface area contributed by atoms with Crippen LogP contribution in [-0.4, -0.2) is 54.3 Å². The van der Waals surface area contributed by atoms with Crippen molar-refractivity contribution in [3.05, 3.63) is 35.6 Å². The van der Waals surface area contributed by atoms with Gasteiger partial charge in [-0.3, -0.25) is 14.4 Å². The van der Waals surface area contributed by atoms with E-state index in [0.29, 0.717) is 32.2 Å². The fraction of sp³-hybridized carbons (Fsp3) is 0.571. The van der Waals surface area contributed by atoms with Crippen molar-refractivity contribution >= 4 is 17.7 Å². The van der Waals surface area contributed by atoms with E-state index in [4.69, 9.17) is 4.74 Å². The Morgan fingerprint density at radius 1 is 1.21 bits per heavy atom. The summed E-state index contributed by atoms with van der Waals surface area (Å²) in [5.74, 6) is -0.822. The number of esters is 1. The second-order valence-corrected chi connectivity index (χ2v) is 7.91. The summed E-state index contributed by atoms with van der Waals surface area (Å²) in [5.41, 5.74) is 5.72. The first kappa shape index (κ1) is 21.4. The first-order valence-electron chi connectivity index (χ1n) is 10.1. The maximum absolute atomic E-state index is 13.3. The molecule has 7 nitrogen and oxygen atoms in total. The third-order valence-electron chi connectivity index (χ3n) is 5.74. The van der Waals surface area contributed by atoms with Crippen LogP contribution in [0, 0.1) is 11.2 Å². The first-order chi connectivity index (χ1) is 13.8. The molecule has 0 radical (unpaired) electrons. The second kappa shape index (κ2) is 9.00. The molecule has 158 valence electrons. The van der Waals surface area contributed by atoms with E-state index in [-0.39, 0.29) is 42.7 Å². The van der Waals surface area contributed by atoms with Crippen LogP contribution >= 0.6 is 0 Å². The van der Waals surface area contributed by atoms with E-state index in [9.17, 15) is 18.8 Å². The molecule has 1 aromatic carbocycles. The number of amides is 1. The van der Waals surface area contributed by atoms with Gasteiger partial charge in [0, 0.05) is 13.1 Å². The second-order valence-electron chi connectivity index (χ2n) is 7.91. The highest BCUT2D eigenvalue weighted by atomic mass is 19.1. The SMILES string of the molecule is CCOC(=O)C1(Cc2ccc(F)cc2)CCCN(C(=O)C2CC(C(C)=O)NN2)C1. The molecule has 1 amide bonds. The van der Waals surface area contributed by atoms with Crippen LogP contribution in [0.1, 0.15) is 38.7 Å². The number of carbonyl (C=O) groups is 3. The summed E-state index contributed by atoms with van der Waals surface area (Å²) in [7, 11) is 0. The Labute approximate surface area is 169 Å². The standard InChI is InChI=1S/C21H28FN3O4/c1-3-29-20(28)21(12-15-5-7-16(22)8-6-15)9-4-10-25(13-21)19(27)18-11-17(14(2)26)23-24-18/h5-8,17-18,23-24H,3-4,9-13H2,1-2H3. The summed E-state index contributed by atoms with van der Waals surface area (Å²) in [4.78, 5) is 39.2. The lowest BCUT2D eigenvalue weighted by Gasteiger charge is -2.41. The Bertz CT molecular complexity index is 770. The van der Waals surface area contributed by atoms with Gasteiger partial charge in [-0.25, -0.2) is 15.2 Å². The molecule has 2 aliphatic rings. The van der Waals surface area contributed by atoms with Crippen LogP contribution in [0.25, 0.3) is 0 Å². The molecule has 3 rings (SSSR count). The number of likely N-dealkylation sites (tertiary alicyclic amines) is 1. The van der Waals surface area contributed by atoms with Gasteiger partial charge in [0.05, 0.1) is 18.1 Å². The van der Waals surface area contributed by atoms with Gasteiger partial charge < -0.3 is 9.64 Å². The molecule has 3 unspecified atom stereocenters. The molecule has 2 fully saturated rings. The smallest absolute Gasteiger partial charge is 0.314 e. The molecule has 0 spiro atoms. The van der Waals surface area contributed by atoms with Crippen LogP contribution in [0.4, 0.5) is 4.39 Å². The minimum absolute atomic E-state index is 0.0244. The van der Waals surface area contributed by atoms with E-state index in [2.05, 4.69) is 10.9 Å². The summed E-state index contributed by atoms with van der Waals surface area (Å²) in [5, 5.41) is 0. The van der Waals surface area contributed by atoms with Crippen LogP contribution in [0.2, 0.25) is 0 Å². The third-order valence-corrected chi connectivity index (χ3v) is 5.74. The normalized spacial score (nSPS) is 26.9. The Morgan fingerprint density at radius 3 is 2.52 bits per heavy atom. The molecule has 1 aromatic rings. The minimum atomic E-state index is -0.867. The number of benzene rings is 1. The molecule has 3 atom stereocenters. The molecule has 29 heavy (non-hydrogen) atoms. The third kappa shape index (κ3) is 4.82. The number of piperidine rings is 1. The maximum atomic E-state index is 13.3. The fourth-order valence-electron chi connectivity index (χ4n) is 4.19. The lowest BCUT2D eigenvalue weighted by atomic mass is 9.75. The van der Waals surface area contributed by atoms with E-state index < -0.39 is 11.5 Å². The predicted octanol–water partition coefficient (Wildman–Crippen LogP) is 1.36. The lowest BCUT2D eigenvalue weighted by Crippen LogP contribution is -2.55. The quantitative estimate of drug-likeness (QED) is 0.695. The molecule has 2 aliphatic heterocycles. The summed E-state index contributed by atoms with van der Waals surface area (Å²) in [6.45, 7) is 4.29. The number of nitrogens with one attached hydrogen (secondary N) is 2. The highest BCUT2D eigenvalue weighted by Gasteiger charge is 2.46. The molecule has 2 N–H and O–H groups in total. The molecular weight excluding hydrogens is 377 g/mol. The number of hydrogen-bond donors (Lipinski definition) is 2. The van der Waals surface area contributed by atoms with Crippen molar-refractivity contribution in [3.63, 3.8) is 0 Å². The van der Waals surface area contributed by atoms with E-state index in [0.717, 1.165) is 5.56 Å². The zero-order valence-corrected chi connectivity index (χ0v) is 16.9. The molecule has 0 aliphatic carbocycles. The number of ether oxygens (including phenoxy) is 1. The van der Waals surface area contributed by atoms with Crippen molar-refractivity contribution < 1.29 is 23.5 Å². The van der Waals surface area contributed by atoms with Crippen LogP contribution < -0.4 is 10.9 Å². The highest BCUT2D eigenvalue weighted by Crippen LogP contribution is 2.36. The number of halogens is 1. The average molecular weight is 405 g/mol. The zero-order valence-electron chi connectivity index (χ0n) is 16.9. The summed E-state index contributed by atoms with van der Waals surface area (Å²) < 4.78 is 18.6. The van der Waals surface area contributed by atoms with Gasteiger partial charge >= 0.3 is 5.97 Å². The Hall–Kier alpha value is -2.32. The largest absolute Gasteiger partial charge is 0.466 e. The number of hydrazine groups is 1. The molecule has 0 saturated carbocycles. The number of hydrogen-bond acceptors (Lipinski definition) is 6. The van der Waals surface area contributed by atoms with Gasteiger partial charge in [0.2, 0.25) is 5.91 Å². The van der Waals surface area contributed by atoms with Crippen molar-refractivity contribution in [3.8, 4) is 0 Å². The van der Waals surface area contributed by atoms with E-state index in [1.54, 1.807) is 24.0 Å². The van der Waals surface area contributed by atoms with Gasteiger partial charge in [-0.1, -0.05) is 12.1 Å². The summed E-state index contributed by atoms with van der Waals surface area (Å²) >= 11 is 0. The molecule has 0 bridgehead atoms. The van der Waals surface area contributed by atoms with Gasteiger partial charge in [-0.2, -0.15) is 0 Å². The van der Waals surface area contributed by atoms with Crippen molar-refractivity contribution in [2.24, 2.45) is 5.41 Å². The highest BCUT2D eigenvalue weighted by molar-refractivity contribution is 5.87. The van der Waals surface area contributed by atoms with Gasteiger partial charge in [0.1, 0.15) is 17.6 Å². The zero-order chi connectivity index (χ0) is 21.0. The fourth-order valence-corrected chi connectivity index (χ4v) is 4.19. The van der Waals surface area contributed by atoms with Crippen LogP contribution in [0.3, 0.4) is 0 Å². The number of rotatable bonds is 6. The van der Waals surface area contributed by atoms with Gasteiger partial charge in [-0.05, 0) is 57.2 Å². The van der Waals surface area contributed by atoms with Crippen LogP contribution in [0.15, 0.2) is 24.3 Å². The van der Waals surface area contributed by atoms with Crippen molar-refractivity contribution in [1.29, 1.82) is 0 Å². The average Bonchev–Trinajstić information content (AvgIpc) is 3.20. The van der Waals surface area contributed by atoms with E-state index >= 15 is 0 Å².